The zero-order chi connectivity index (χ0) is 18.2. The van der Waals surface area contributed by atoms with E-state index in [-0.39, 0.29) is 23.9 Å². The first-order chi connectivity index (χ1) is 12.0. The maximum atomic E-state index is 11.9. The molecule has 0 radical (unpaired) electrons. The number of carboxylic acids is 1. The second kappa shape index (κ2) is 9.05. The number of amides is 3. The molecule has 0 heterocycles. The van der Waals surface area contributed by atoms with E-state index in [4.69, 9.17) is 5.11 Å². The van der Waals surface area contributed by atoms with Crippen LogP contribution in [0.1, 0.15) is 41.6 Å². The van der Waals surface area contributed by atoms with Gasteiger partial charge in [0.1, 0.15) is 0 Å². The van der Waals surface area contributed by atoms with Gasteiger partial charge < -0.3 is 21.1 Å². The van der Waals surface area contributed by atoms with Gasteiger partial charge in [0.25, 0.3) is 5.91 Å². The zero-order valence-corrected chi connectivity index (χ0v) is 14.4. The molecule has 1 aromatic carbocycles. The molecule has 0 saturated heterocycles. The van der Waals surface area contributed by atoms with Crippen LogP contribution in [0.5, 0.6) is 0 Å². The molecule has 1 fully saturated rings. The lowest BCUT2D eigenvalue weighted by Crippen LogP contribution is -2.44. The molecule has 2 rings (SSSR count). The van der Waals surface area contributed by atoms with Crippen LogP contribution in [0.2, 0.25) is 0 Å². The molecule has 25 heavy (non-hydrogen) atoms. The van der Waals surface area contributed by atoms with Crippen molar-refractivity contribution in [2.45, 2.75) is 38.1 Å². The van der Waals surface area contributed by atoms with Crippen molar-refractivity contribution in [3.8, 4) is 0 Å². The predicted molar refractivity (Wildman–Crippen MR) is 93.5 cm³/mol. The molecule has 3 amide bonds. The highest BCUT2D eigenvalue weighted by molar-refractivity contribution is 5.94. The van der Waals surface area contributed by atoms with Crippen LogP contribution in [-0.2, 0) is 11.2 Å². The van der Waals surface area contributed by atoms with Crippen molar-refractivity contribution in [1.29, 1.82) is 0 Å². The largest absolute Gasteiger partial charge is 0.481 e. The average molecular weight is 347 g/mol. The van der Waals surface area contributed by atoms with E-state index in [1.54, 1.807) is 13.1 Å². The minimum absolute atomic E-state index is 0.0344. The van der Waals surface area contributed by atoms with Crippen molar-refractivity contribution in [2.24, 2.45) is 5.92 Å². The Morgan fingerprint density at radius 2 is 1.88 bits per heavy atom. The van der Waals surface area contributed by atoms with Gasteiger partial charge >= 0.3 is 12.0 Å². The summed E-state index contributed by atoms with van der Waals surface area (Å²) in [7, 11) is 1.59. The second-order valence-corrected chi connectivity index (χ2v) is 6.32. The van der Waals surface area contributed by atoms with E-state index >= 15 is 0 Å². The molecule has 0 spiro atoms. The Morgan fingerprint density at radius 3 is 2.52 bits per heavy atom. The molecular weight excluding hydrogens is 322 g/mol. The number of carbonyl (C=O) groups excluding carboxylic acids is 2. The molecule has 1 aliphatic rings. The van der Waals surface area contributed by atoms with Crippen molar-refractivity contribution in [3.05, 3.63) is 35.4 Å². The smallest absolute Gasteiger partial charge is 0.315 e. The average Bonchev–Trinajstić information content (AvgIpc) is 2.61. The van der Waals surface area contributed by atoms with Crippen LogP contribution in [0, 0.1) is 5.92 Å². The van der Waals surface area contributed by atoms with Crippen molar-refractivity contribution < 1.29 is 19.5 Å². The molecule has 0 aromatic heterocycles. The minimum Gasteiger partial charge on any atom is -0.481 e. The van der Waals surface area contributed by atoms with Gasteiger partial charge in [-0.05, 0) is 49.8 Å². The fourth-order valence-corrected chi connectivity index (χ4v) is 3.05. The van der Waals surface area contributed by atoms with E-state index in [1.807, 2.05) is 18.2 Å². The summed E-state index contributed by atoms with van der Waals surface area (Å²) < 4.78 is 0. The maximum Gasteiger partial charge on any atom is 0.315 e. The normalized spacial score (nSPS) is 19.7. The molecule has 0 aliphatic heterocycles. The Bertz CT molecular complexity index is 625. The first-order valence-electron chi connectivity index (χ1n) is 8.57. The fraction of sp³-hybridized carbons (Fsp3) is 0.500. The van der Waals surface area contributed by atoms with Crippen molar-refractivity contribution >= 4 is 17.9 Å². The number of benzene rings is 1. The van der Waals surface area contributed by atoms with E-state index in [1.165, 1.54) is 0 Å². The SMILES string of the molecule is CNC(=O)c1cccc(CCNC(=O)NC2CCC(C(=O)O)CC2)c1. The van der Waals surface area contributed by atoms with Crippen LogP contribution in [-0.4, -0.2) is 42.6 Å². The van der Waals surface area contributed by atoms with Crippen molar-refractivity contribution in [1.82, 2.24) is 16.0 Å². The third kappa shape index (κ3) is 5.77. The number of rotatable bonds is 6. The zero-order valence-electron chi connectivity index (χ0n) is 14.4. The van der Waals surface area contributed by atoms with Crippen molar-refractivity contribution in [2.75, 3.05) is 13.6 Å². The lowest BCUT2D eigenvalue weighted by atomic mass is 9.86. The molecule has 7 nitrogen and oxygen atoms in total. The number of hydrogen-bond donors (Lipinski definition) is 4. The lowest BCUT2D eigenvalue weighted by Gasteiger charge is -2.26. The lowest BCUT2D eigenvalue weighted by molar-refractivity contribution is -0.142. The number of carboxylic acid groups (broad SMARTS) is 1. The Balaban J connectivity index is 1.71. The molecule has 7 heteroatoms. The van der Waals surface area contributed by atoms with E-state index in [2.05, 4.69) is 16.0 Å². The number of urea groups is 1. The highest BCUT2D eigenvalue weighted by Crippen LogP contribution is 2.24. The topological polar surface area (TPSA) is 108 Å². The molecule has 0 unspecified atom stereocenters. The molecule has 1 saturated carbocycles. The Labute approximate surface area is 147 Å². The van der Waals surface area contributed by atoms with Crippen LogP contribution in [0.15, 0.2) is 24.3 Å². The van der Waals surface area contributed by atoms with E-state index in [0.717, 1.165) is 5.56 Å². The third-order valence-electron chi connectivity index (χ3n) is 4.53. The molecule has 1 aromatic rings. The van der Waals surface area contributed by atoms with Gasteiger partial charge in [0, 0.05) is 25.2 Å². The Morgan fingerprint density at radius 1 is 1.16 bits per heavy atom. The van der Waals surface area contributed by atoms with Gasteiger partial charge in [-0.3, -0.25) is 9.59 Å². The number of carbonyl (C=O) groups is 3. The van der Waals surface area contributed by atoms with Crippen LogP contribution in [0.4, 0.5) is 4.79 Å². The molecule has 4 N–H and O–H groups in total. The highest BCUT2D eigenvalue weighted by Gasteiger charge is 2.26. The van der Waals surface area contributed by atoms with Crippen molar-refractivity contribution in [3.63, 3.8) is 0 Å². The van der Waals surface area contributed by atoms with Crippen LogP contribution in [0.3, 0.4) is 0 Å². The van der Waals surface area contributed by atoms with Gasteiger partial charge in [-0.15, -0.1) is 0 Å². The Kier molecular flexibility index (Phi) is 6.80. The minimum atomic E-state index is -0.748. The fourth-order valence-electron chi connectivity index (χ4n) is 3.05. The van der Waals surface area contributed by atoms with Gasteiger partial charge in [0.2, 0.25) is 0 Å². The molecule has 0 atom stereocenters. The van der Waals surface area contributed by atoms with Gasteiger partial charge in [-0.25, -0.2) is 4.79 Å². The summed E-state index contributed by atoms with van der Waals surface area (Å²) in [5.41, 5.74) is 1.57. The summed E-state index contributed by atoms with van der Waals surface area (Å²) in [6.45, 7) is 0.466. The van der Waals surface area contributed by atoms with Gasteiger partial charge in [0.05, 0.1) is 5.92 Å². The van der Waals surface area contributed by atoms with Gasteiger partial charge in [-0.2, -0.15) is 0 Å². The summed E-state index contributed by atoms with van der Waals surface area (Å²) >= 11 is 0. The summed E-state index contributed by atoms with van der Waals surface area (Å²) in [6.07, 6.45) is 3.22. The summed E-state index contributed by atoms with van der Waals surface area (Å²) in [6, 6.07) is 7.09. The Hall–Kier alpha value is -2.57. The van der Waals surface area contributed by atoms with Gasteiger partial charge in [-0.1, -0.05) is 12.1 Å². The third-order valence-corrected chi connectivity index (χ3v) is 4.53. The molecular formula is C18H25N3O4. The van der Waals surface area contributed by atoms with E-state index in [0.29, 0.717) is 44.2 Å². The second-order valence-electron chi connectivity index (χ2n) is 6.32. The molecule has 1 aliphatic carbocycles. The van der Waals surface area contributed by atoms with Crippen LogP contribution < -0.4 is 16.0 Å². The summed E-state index contributed by atoms with van der Waals surface area (Å²) in [5, 5.41) is 17.3. The maximum absolute atomic E-state index is 11.9. The molecule has 0 bridgehead atoms. The number of hydrogen-bond acceptors (Lipinski definition) is 3. The number of aliphatic carboxylic acids is 1. The highest BCUT2D eigenvalue weighted by atomic mass is 16.4. The summed E-state index contributed by atoms with van der Waals surface area (Å²) in [4.78, 5) is 34.5. The predicted octanol–water partition coefficient (Wildman–Crippen LogP) is 1.53. The van der Waals surface area contributed by atoms with E-state index < -0.39 is 5.97 Å². The van der Waals surface area contributed by atoms with Crippen LogP contribution >= 0.6 is 0 Å². The number of nitrogens with one attached hydrogen (secondary N) is 3. The molecule has 136 valence electrons. The first-order valence-corrected chi connectivity index (χ1v) is 8.57. The monoisotopic (exact) mass is 347 g/mol. The van der Waals surface area contributed by atoms with Crippen LogP contribution in [0.25, 0.3) is 0 Å². The van der Waals surface area contributed by atoms with Gasteiger partial charge in [0.15, 0.2) is 0 Å². The first kappa shape index (κ1) is 18.8. The standard InChI is InChI=1S/C18H25N3O4/c1-19-16(22)14-4-2-3-12(11-14)9-10-20-18(25)21-15-7-5-13(6-8-15)17(23)24/h2-4,11,13,15H,5-10H2,1H3,(H,19,22)(H,23,24)(H2,20,21,25). The van der Waals surface area contributed by atoms with E-state index in [9.17, 15) is 14.4 Å². The quantitative estimate of drug-likeness (QED) is 0.626. The summed E-state index contributed by atoms with van der Waals surface area (Å²) in [5.74, 6) is -1.17.